The Labute approximate surface area is 212 Å². The van der Waals surface area contributed by atoms with Crippen molar-refractivity contribution in [3.05, 3.63) is 58.5 Å². The number of nitrogens with zero attached hydrogens (tertiary/aromatic N) is 4. The second-order valence-corrected chi connectivity index (χ2v) is 9.84. The third-order valence-electron chi connectivity index (χ3n) is 6.34. The molecule has 5 rings (SSSR count). The average Bonchev–Trinajstić information content (AvgIpc) is 3.19. The van der Waals surface area contributed by atoms with Gasteiger partial charge >= 0.3 is 0 Å². The lowest BCUT2D eigenvalue weighted by atomic mass is 10.0. The maximum absolute atomic E-state index is 15.3. The number of anilines is 1. The smallest absolute Gasteiger partial charge is 0.290 e. The number of carbonyl (C=O) groups is 2. The molecule has 3 heterocycles. The van der Waals surface area contributed by atoms with Crippen molar-refractivity contribution in [2.75, 3.05) is 44.2 Å². The van der Waals surface area contributed by atoms with Crippen molar-refractivity contribution in [3.63, 3.8) is 0 Å². The summed E-state index contributed by atoms with van der Waals surface area (Å²) in [7, 11) is 0. The number of carbonyl (C=O) groups excluding carboxylic acids is 2. The van der Waals surface area contributed by atoms with Crippen LogP contribution in [0.15, 0.2) is 41.3 Å². The normalized spacial score (nSPS) is 17.9. The quantitative estimate of drug-likeness (QED) is 0.489. The maximum atomic E-state index is 15.3. The number of aryl methyl sites for hydroxylation is 1. The highest BCUT2D eigenvalue weighted by Gasteiger charge is 2.25. The standard InChI is InChI=1S/C26H26FN5O3S/c1-16-28-21-5-3-17(14-23-25(34)30-26(35)36-23)13-19(21)24(29-16)18-4-6-22(20(27)15-18)32-10-8-31(9-11-32)7-2-12-33/h3-6,13-15,33H,2,7-12H2,1H3,(H,30,34,35). The lowest BCUT2D eigenvalue weighted by molar-refractivity contribution is -0.115. The van der Waals surface area contributed by atoms with E-state index in [1.54, 1.807) is 19.1 Å². The van der Waals surface area contributed by atoms with Gasteiger partial charge in [-0.1, -0.05) is 12.1 Å². The first-order valence-electron chi connectivity index (χ1n) is 11.8. The van der Waals surface area contributed by atoms with E-state index in [2.05, 4.69) is 20.2 Å². The van der Waals surface area contributed by atoms with Crippen LogP contribution in [0.4, 0.5) is 14.9 Å². The van der Waals surface area contributed by atoms with Crippen LogP contribution < -0.4 is 10.2 Å². The Morgan fingerprint density at radius 1 is 1.11 bits per heavy atom. The zero-order valence-corrected chi connectivity index (χ0v) is 20.6. The molecule has 186 valence electrons. The molecular formula is C26H26FN5O3S. The van der Waals surface area contributed by atoms with Crippen LogP contribution in [0, 0.1) is 12.7 Å². The highest BCUT2D eigenvalue weighted by atomic mass is 32.2. The van der Waals surface area contributed by atoms with Gasteiger partial charge in [0, 0.05) is 50.3 Å². The van der Waals surface area contributed by atoms with Gasteiger partial charge in [0.05, 0.1) is 21.8 Å². The summed E-state index contributed by atoms with van der Waals surface area (Å²) in [6.45, 7) is 5.94. The van der Waals surface area contributed by atoms with Crippen LogP contribution in [-0.4, -0.2) is 70.5 Å². The fourth-order valence-electron chi connectivity index (χ4n) is 4.56. The van der Waals surface area contributed by atoms with Crippen molar-refractivity contribution < 1.29 is 19.1 Å². The molecule has 2 N–H and O–H groups in total. The molecule has 1 aromatic heterocycles. The van der Waals surface area contributed by atoms with Crippen molar-refractivity contribution in [2.45, 2.75) is 13.3 Å². The Morgan fingerprint density at radius 3 is 2.61 bits per heavy atom. The van der Waals surface area contributed by atoms with Gasteiger partial charge in [0.2, 0.25) is 0 Å². The molecule has 0 bridgehead atoms. The topological polar surface area (TPSA) is 98.7 Å². The predicted molar refractivity (Wildman–Crippen MR) is 139 cm³/mol. The fourth-order valence-corrected chi connectivity index (χ4v) is 5.24. The maximum Gasteiger partial charge on any atom is 0.290 e. The molecule has 0 radical (unpaired) electrons. The molecule has 2 aromatic carbocycles. The van der Waals surface area contributed by atoms with Crippen molar-refractivity contribution in [3.8, 4) is 11.3 Å². The Morgan fingerprint density at radius 2 is 1.92 bits per heavy atom. The molecule has 8 nitrogen and oxygen atoms in total. The van der Waals surface area contributed by atoms with Crippen molar-refractivity contribution >= 4 is 45.6 Å². The summed E-state index contributed by atoms with van der Waals surface area (Å²) >= 11 is 0.860. The number of benzene rings is 2. The minimum Gasteiger partial charge on any atom is -0.396 e. The molecule has 2 aliphatic rings. The molecule has 3 aromatic rings. The Bertz CT molecular complexity index is 1370. The number of halogens is 1. The van der Waals surface area contributed by atoms with Crippen LogP contribution in [0.3, 0.4) is 0 Å². The first kappa shape index (κ1) is 24.4. The van der Waals surface area contributed by atoms with E-state index in [4.69, 9.17) is 5.11 Å². The van der Waals surface area contributed by atoms with Crippen LogP contribution in [0.5, 0.6) is 0 Å². The summed E-state index contributed by atoms with van der Waals surface area (Å²) in [5.41, 5.74) is 3.25. The summed E-state index contributed by atoms with van der Waals surface area (Å²) in [6, 6.07) is 10.7. The Hall–Kier alpha value is -3.34. The van der Waals surface area contributed by atoms with E-state index in [0.717, 1.165) is 61.9 Å². The summed E-state index contributed by atoms with van der Waals surface area (Å²) < 4.78 is 15.3. The van der Waals surface area contributed by atoms with Gasteiger partial charge in [-0.25, -0.2) is 14.4 Å². The number of nitrogens with one attached hydrogen (secondary N) is 1. The van der Waals surface area contributed by atoms with Gasteiger partial charge in [0.25, 0.3) is 11.1 Å². The number of aliphatic hydroxyl groups excluding tert-OH is 1. The van der Waals surface area contributed by atoms with Gasteiger partial charge in [0.1, 0.15) is 11.6 Å². The van der Waals surface area contributed by atoms with Gasteiger partial charge in [-0.2, -0.15) is 0 Å². The molecule has 2 saturated heterocycles. The Kier molecular flexibility index (Phi) is 6.99. The number of imide groups is 1. The molecule has 2 amide bonds. The van der Waals surface area contributed by atoms with Crippen molar-refractivity contribution in [1.29, 1.82) is 0 Å². The fraction of sp³-hybridized carbons (Fsp3) is 0.308. The lowest BCUT2D eigenvalue weighted by Gasteiger charge is -2.36. The second kappa shape index (κ2) is 10.3. The zero-order chi connectivity index (χ0) is 25.2. The minimum absolute atomic E-state index is 0.181. The van der Waals surface area contributed by atoms with Crippen LogP contribution in [0.2, 0.25) is 0 Å². The molecule has 0 atom stereocenters. The van der Waals surface area contributed by atoms with E-state index in [9.17, 15) is 9.59 Å². The van der Waals surface area contributed by atoms with Gasteiger partial charge in [-0.15, -0.1) is 0 Å². The molecule has 10 heteroatoms. The first-order valence-corrected chi connectivity index (χ1v) is 12.6. The third-order valence-corrected chi connectivity index (χ3v) is 7.15. The number of rotatable bonds is 6. The molecule has 0 unspecified atom stereocenters. The van der Waals surface area contributed by atoms with E-state index >= 15 is 4.39 Å². The molecule has 2 fully saturated rings. The summed E-state index contributed by atoms with van der Waals surface area (Å²) in [5, 5.41) is 11.6. The number of aliphatic hydroxyl groups is 1. The summed E-state index contributed by atoms with van der Waals surface area (Å²) in [4.78, 5) is 37.2. The summed E-state index contributed by atoms with van der Waals surface area (Å²) in [6.07, 6.45) is 2.40. The number of hydrogen-bond donors (Lipinski definition) is 2. The van der Waals surface area contributed by atoms with Gasteiger partial charge in [-0.05, 0) is 61.0 Å². The zero-order valence-electron chi connectivity index (χ0n) is 19.8. The van der Waals surface area contributed by atoms with Gasteiger partial charge in [-0.3, -0.25) is 19.8 Å². The molecule has 0 aliphatic carbocycles. The monoisotopic (exact) mass is 507 g/mol. The number of thioether (sulfide) groups is 1. The number of aromatic nitrogens is 2. The van der Waals surface area contributed by atoms with E-state index in [0.29, 0.717) is 33.2 Å². The van der Waals surface area contributed by atoms with E-state index in [-0.39, 0.29) is 12.4 Å². The predicted octanol–water partition coefficient (Wildman–Crippen LogP) is 3.57. The van der Waals surface area contributed by atoms with Crippen LogP contribution in [-0.2, 0) is 4.79 Å². The Balaban J connectivity index is 1.44. The molecule has 0 saturated carbocycles. The lowest BCUT2D eigenvalue weighted by Crippen LogP contribution is -2.47. The van der Waals surface area contributed by atoms with Gasteiger partial charge < -0.3 is 10.0 Å². The van der Waals surface area contributed by atoms with Crippen LogP contribution >= 0.6 is 11.8 Å². The number of piperazine rings is 1. The number of fused-ring (bicyclic) bond motifs is 1. The van der Waals surface area contributed by atoms with Crippen molar-refractivity contribution in [2.24, 2.45) is 0 Å². The average molecular weight is 508 g/mol. The van der Waals surface area contributed by atoms with Crippen LogP contribution in [0.25, 0.3) is 28.2 Å². The number of amides is 2. The SMILES string of the molecule is Cc1nc(-c2ccc(N3CCN(CCCO)CC3)c(F)c2)c2cc(C=C3SC(=O)NC3=O)ccc2n1. The van der Waals surface area contributed by atoms with Crippen molar-refractivity contribution in [1.82, 2.24) is 20.2 Å². The van der Waals surface area contributed by atoms with E-state index in [1.807, 2.05) is 29.2 Å². The largest absolute Gasteiger partial charge is 0.396 e. The van der Waals surface area contributed by atoms with Crippen LogP contribution in [0.1, 0.15) is 17.8 Å². The highest BCUT2D eigenvalue weighted by molar-refractivity contribution is 8.18. The first-order chi connectivity index (χ1) is 17.4. The summed E-state index contributed by atoms with van der Waals surface area (Å²) in [5.74, 6) is -0.155. The van der Waals surface area contributed by atoms with E-state index < -0.39 is 11.1 Å². The minimum atomic E-state index is -0.419. The molecule has 2 aliphatic heterocycles. The third kappa shape index (κ3) is 5.11. The molecule has 36 heavy (non-hydrogen) atoms. The second-order valence-electron chi connectivity index (χ2n) is 8.82. The van der Waals surface area contributed by atoms with E-state index in [1.165, 1.54) is 6.07 Å². The molecular weight excluding hydrogens is 481 g/mol. The number of hydrogen-bond acceptors (Lipinski definition) is 8. The highest BCUT2D eigenvalue weighted by Crippen LogP contribution is 2.32. The van der Waals surface area contributed by atoms with Gasteiger partial charge in [0.15, 0.2) is 0 Å². The molecule has 0 spiro atoms.